The first kappa shape index (κ1) is 14.4. The maximum Gasteiger partial charge on any atom is 0.305 e. The molecule has 2 rings (SSSR count). The summed E-state index contributed by atoms with van der Waals surface area (Å²) in [4.78, 5) is 26.1. The van der Waals surface area contributed by atoms with Crippen molar-refractivity contribution in [3.05, 3.63) is 24.3 Å². The lowest BCUT2D eigenvalue weighted by atomic mass is 10.2. The van der Waals surface area contributed by atoms with Gasteiger partial charge in [-0.05, 0) is 37.1 Å². The first-order valence-electron chi connectivity index (χ1n) is 6.93. The fraction of sp³-hybridized carbons (Fsp3) is 0.467. The van der Waals surface area contributed by atoms with E-state index >= 15 is 0 Å². The van der Waals surface area contributed by atoms with Gasteiger partial charge in [0.05, 0.1) is 6.42 Å². The van der Waals surface area contributed by atoms with Gasteiger partial charge in [-0.25, -0.2) is 0 Å². The predicted molar refractivity (Wildman–Crippen MR) is 78.2 cm³/mol. The summed E-state index contributed by atoms with van der Waals surface area (Å²) in [6, 6.07) is 7.77. The summed E-state index contributed by atoms with van der Waals surface area (Å²) in [5.74, 6) is -1.04. The van der Waals surface area contributed by atoms with E-state index < -0.39 is 5.97 Å². The normalized spacial score (nSPS) is 14.3. The number of rotatable bonds is 5. The molecule has 1 heterocycles. The van der Waals surface area contributed by atoms with Gasteiger partial charge in [0.15, 0.2) is 0 Å². The Hall–Kier alpha value is -2.04. The fourth-order valence-electron chi connectivity index (χ4n) is 2.49. The Morgan fingerprint density at radius 1 is 1.20 bits per heavy atom. The van der Waals surface area contributed by atoms with Gasteiger partial charge >= 0.3 is 5.97 Å². The number of amides is 1. The topological polar surface area (TPSA) is 60.9 Å². The summed E-state index contributed by atoms with van der Waals surface area (Å²) < 4.78 is 0. The monoisotopic (exact) mass is 276 g/mol. The molecule has 1 saturated heterocycles. The van der Waals surface area contributed by atoms with Gasteiger partial charge < -0.3 is 14.9 Å². The van der Waals surface area contributed by atoms with Crippen molar-refractivity contribution in [2.24, 2.45) is 0 Å². The Morgan fingerprint density at radius 2 is 1.80 bits per heavy atom. The minimum absolute atomic E-state index is 0.0482. The van der Waals surface area contributed by atoms with E-state index in [1.54, 1.807) is 0 Å². The molecule has 0 saturated carbocycles. The zero-order valence-electron chi connectivity index (χ0n) is 11.7. The molecule has 1 aromatic rings. The Bertz CT molecular complexity index is 478. The molecule has 108 valence electrons. The van der Waals surface area contributed by atoms with Crippen molar-refractivity contribution >= 4 is 23.3 Å². The molecular weight excluding hydrogens is 256 g/mol. The van der Waals surface area contributed by atoms with Crippen molar-refractivity contribution in [3.8, 4) is 0 Å². The smallest absolute Gasteiger partial charge is 0.305 e. The van der Waals surface area contributed by atoms with E-state index in [1.807, 2.05) is 24.3 Å². The van der Waals surface area contributed by atoms with Crippen LogP contribution in [0.1, 0.15) is 26.2 Å². The highest BCUT2D eigenvalue weighted by Gasteiger charge is 2.15. The van der Waals surface area contributed by atoms with Crippen LogP contribution in [-0.2, 0) is 9.59 Å². The van der Waals surface area contributed by atoms with Crippen molar-refractivity contribution in [3.63, 3.8) is 0 Å². The lowest BCUT2D eigenvalue weighted by molar-refractivity contribution is -0.136. The van der Waals surface area contributed by atoms with E-state index in [1.165, 1.54) is 24.7 Å². The summed E-state index contributed by atoms with van der Waals surface area (Å²) in [5.41, 5.74) is 1.91. The summed E-state index contributed by atoms with van der Waals surface area (Å²) in [5, 5.41) is 8.73. The number of benzene rings is 1. The van der Waals surface area contributed by atoms with Gasteiger partial charge in [-0.1, -0.05) is 0 Å². The Kier molecular flexibility index (Phi) is 4.61. The second-order valence-electron chi connectivity index (χ2n) is 5.02. The quantitative estimate of drug-likeness (QED) is 0.894. The zero-order chi connectivity index (χ0) is 14.5. The van der Waals surface area contributed by atoms with Gasteiger partial charge in [-0.3, -0.25) is 9.59 Å². The first-order chi connectivity index (χ1) is 9.58. The fourth-order valence-corrected chi connectivity index (χ4v) is 2.49. The minimum atomic E-state index is -0.898. The maximum absolute atomic E-state index is 11.6. The molecular formula is C15H20N2O3. The number of hydrogen-bond acceptors (Lipinski definition) is 3. The number of aliphatic carboxylic acids is 1. The Labute approximate surface area is 118 Å². The summed E-state index contributed by atoms with van der Waals surface area (Å²) in [6.07, 6.45) is 2.40. The van der Waals surface area contributed by atoms with Crippen LogP contribution in [0.2, 0.25) is 0 Å². The van der Waals surface area contributed by atoms with Crippen molar-refractivity contribution < 1.29 is 14.7 Å². The molecule has 1 amide bonds. The average Bonchev–Trinajstić information content (AvgIpc) is 2.93. The lowest BCUT2D eigenvalue weighted by Crippen LogP contribution is -2.30. The van der Waals surface area contributed by atoms with Crippen LogP contribution in [0.5, 0.6) is 0 Å². The highest BCUT2D eigenvalue weighted by molar-refractivity contribution is 5.92. The van der Waals surface area contributed by atoms with E-state index in [0.717, 1.165) is 24.5 Å². The van der Waals surface area contributed by atoms with Gasteiger partial charge in [-0.15, -0.1) is 0 Å². The molecule has 0 aliphatic carbocycles. The number of hydrogen-bond donors (Lipinski definition) is 1. The highest BCUT2D eigenvalue weighted by Crippen LogP contribution is 2.24. The SMILES string of the molecule is CC(=O)N(CCC(=O)O)c1ccc(N2CCCC2)cc1. The lowest BCUT2D eigenvalue weighted by Gasteiger charge is -2.22. The Morgan fingerprint density at radius 3 is 2.30 bits per heavy atom. The van der Waals surface area contributed by atoms with Crippen molar-refractivity contribution in [2.45, 2.75) is 26.2 Å². The van der Waals surface area contributed by atoms with Crippen molar-refractivity contribution in [1.29, 1.82) is 0 Å². The maximum atomic E-state index is 11.6. The zero-order valence-corrected chi connectivity index (χ0v) is 11.7. The number of carboxylic acid groups (broad SMARTS) is 1. The molecule has 1 aliphatic rings. The summed E-state index contributed by atoms with van der Waals surface area (Å²) in [7, 11) is 0. The molecule has 20 heavy (non-hydrogen) atoms. The first-order valence-corrected chi connectivity index (χ1v) is 6.93. The number of carbonyl (C=O) groups is 2. The minimum Gasteiger partial charge on any atom is -0.481 e. The number of nitrogens with zero attached hydrogens (tertiary/aromatic N) is 2. The van der Waals surface area contributed by atoms with Crippen LogP contribution >= 0.6 is 0 Å². The van der Waals surface area contributed by atoms with E-state index in [4.69, 9.17) is 5.11 Å². The molecule has 1 N–H and O–H groups in total. The van der Waals surface area contributed by atoms with E-state index in [9.17, 15) is 9.59 Å². The van der Waals surface area contributed by atoms with E-state index in [2.05, 4.69) is 4.90 Å². The number of carboxylic acids is 1. The van der Waals surface area contributed by atoms with Crippen LogP contribution in [-0.4, -0.2) is 36.6 Å². The highest BCUT2D eigenvalue weighted by atomic mass is 16.4. The van der Waals surface area contributed by atoms with Crippen LogP contribution in [0.15, 0.2) is 24.3 Å². The third-order valence-corrected chi connectivity index (χ3v) is 3.56. The van der Waals surface area contributed by atoms with Crippen LogP contribution < -0.4 is 9.80 Å². The van der Waals surface area contributed by atoms with Gasteiger partial charge in [0, 0.05) is 37.9 Å². The van der Waals surface area contributed by atoms with E-state index in [0.29, 0.717) is 0 Å². The second-order valence-corrected chi connectivity index (χ2v) is 5.02. The number of anilines is 2. The van der Waals surface area contributed by atoms with Gasteiger partial charge in [0.25, 0.3) is 0 Å². The summed E-state index contributed by atoms with van der Waals surface area (Å²) >= 11 is 0. The largest absolute Gasteiger partial charge is 0.481 e. The predicted octanol–water partition coefficient (Wildman–Crippen LogP) is 2.11. The third-order valence-electron chi connectivity index (χ3n) is 3.56. The molecule has 0 aromatic heterocycles. The molecule has 5 nitrogen and oxygen atoms in total. The molecule has 1 fully saturated rings. The van der Waals surface area contributed by atoms with Crippen LogP contribution in [0.3, 0.4) is 0 Å². The standard InChI is InChI=1S/C15H20N2O3/c1-12(18)17(11-8-15(19)20)14-6-4-13(5-7-14)16-9-2-3-10-16/h4-7H,2-3,8-11H2,1H3,(H,19,20). The third kappa shape index (κ3) is 3.50. The molecule has 1 aromatic carbocycles. The van der Waals surface area contributed by atoms with Crippen molar-refractivity contribution in [1.82, 2.24) is 0 Å². The molecule has 0 atom stereocenters. The molecule has 1 aliphatic heterocycles. The van der Waals surface area contributed by atoms with Crippen molar-refractivity contribution in [2.75, 3.05) is 29.4 Å². The molecule has 0 radical (unpaired) electrons. The molecule has 5 heteroatoms. The molecule has 0 spiro atoms. The average molecular weight is 276 g/mol. The molecule has 0 unspecified atom stereocenters. The van der Waals surface area contributed by atoms with Gasteiger partial charge in [0.1, 0.15) is 0 Å². The van der Waals surface area contributed by atoms with Crippen LogP contribution in [0.4, 0.5) is 11.4 Å². The number of carbonyl (C=O) groups excluding carboxylic acids is 1. The van der Waals surface area contributed by atoms with Crippen LogP contribution in [0, 0.1) is 0 Å². The van der Waals surface area contributed by atoms with E-state index in [-0.39, 0.29) is 18.9 Å². The summed E-state index contributed by atoms with van der Waals surface area (Å²) in [6.45, 7) is 3.81. The van der Waals surface area contributed by atoms with Gasteiger partial charge in [-0.2, -0.15) is 0 Å². The molecule has 0 bridgehead atoms. The Balaban J connectivity index is 2.08. The van der Waals surface area contributed by atoms with Gasteiger partial charge in [0.2, 0.25) is 5.91 Å². The second kappa shape index (κ2) is 6.41. The van der Waals surface area contributed by atoms with Crippen LogP contribution in [0.25, 0.3) is 0 Å².